The maximum absolute atomic E-state index is 12.4. The quantitative estimate of drug-likeness (QED) is 0.721. The molecule has 0 spiro atoms. The Morgan fingerprint density at radius 1 is 1.21 bits per heavy atom. The summed E-state index contributed by atoms with van der Waals surface area (Å²) in [6.45, 7) is 1.92. The molecule has 1 fully saturated rings. The molecule has 3 aromatic heterocycles. The van der Waals surface area contributed by atoms with Crippen molar-refractivity contribution >= 4 is 21.4 Å². The van der Waals surface area contributed by atoms with Crippen molar-refractivity contribution in [3.05, 3.63) is 41.7 Å². The lowest BCUT2D eigenvalue weighted by Crippen LogP contribution is -2.22. The van der Waals surface area contributed by atoms with Gasteiger partial charge < -0.3 is 8.83 Å². The fourth-order valence-electron chi connectivity index (χ4n) is 2.23. The van der Waals surface area contributed by atoms with E-state index in [1.807, 2.05) is 6.92 Å². The highest BCUT2D eigenvalue weighted by atomic mass is 32.2. The Morgan fingerprint density at radius 2 is 2.04 bits per heavy atom. The van der Waals surface area contributed by atoms with Crippen LogP contribution in [0.5, 0.6) is 0 Å². The van der Waals surface area contributed by atoms with Gasteiger partial charge in [0.2, 0.25) is 15.9 Å². The van der Waals surface area contributed by atoms with Gasteiger partial charge in [-0.25, -0.2) is 13.1 Å². The summed E-state index contributed by atoms with van der Waals surface area (Å²) in [4.78, 5) is 0.642. The number of furan rings is 1. The third kappa shape index (κ3) is 3.14. The topological polar surface area (TPSA) is 98.2 Å². The number of thiophene rings is 1. The van der Waals surface area contributed by atoms with E-state index in [0.29, 0.717) is 28.3 Å². The second-order valence-corrected chi connectivity index (χ2v) is 8.75. The van der Waals surface area contributed by atoms with Gasteiger partial charge in [0.05, 0.1) is 11.4 Å². The van der Waals surface area contributed by atoms with Gasteiger partial charge >= 0.3 is 0 Å². The Hall–Kier alpha value is -1.97. The first kappa shape index (κ1) is 15.6. The summed E-state index contributed by atoms with van der Waals surface area (Å²) >= 11 is 1.10. The molecule has 1 aliphatic carbocycles. The molecule has 24 heavy (non-hydrogen) atoms. The van der Waals surface area contributed by atoms with Crippen LogP contribution in [-0.4, -0.2) is 18.6 Å². The molecule has 1 N–H and O–H groups in total. The average Bonchev–Trinajstić information content (AvgIpc) is 2.97. The van der Waals surface area contributed by atoms with E-state index in [4.69, 9.17) is 8.83 Å². The van der Waals surface area contributed by atoms with E-state index in [1.54, 1.807) is 18.2 Å². The minimum Gasteiger partial charge on any atom is -0.465 e. The molecule has 9 heteroatoms. The van der Waals surface area contributed by atoms with Crippen molar-refractivity contribution in [2.75, 3.05) is 0 Å². The Kier molecular flexibility index (Phi) is 3.78. The third-order valence-corrected chi connectivity index (χ3v) is 6.62. The lowest BCUT2D eigenvalue weighted by molar-refractivity contribution is 0.475. The van der Waals surface area contributed by atoms with Gasteiger partial charge in [-0.05, 0) is 44.0 Å². The molecule has 0 atom stereocenters. The molecule has 126 valence electrons. The Bertz CT molecular complexity index is 966. The highest BCUT2D eigenvalue weighted by molar-refractivity contribution is 7.91. The van der Waals surface area contributed by atoms with E-state index in [0.717, 1.165) is 29.9 Å². The lowest BCUT2D eigenvalue weighted by Gasteiger charge is -2.02. The highest BCUT2D eigenvalue weighted by Crippen LogP contribution is 2.40. The molecule has 0 aromatic carbocycles. The zero-order chi connectivity index (χ0) is 16.7. The first-order valence-corrected chi connectivity index (χ1v) is 9.80. The fraction of sp³-hybridized carbons (Fsp3) is 0.333. The zero-order valence-electron chi connectivity index (χ0n) is 12.9. The Morgan fingerprint density at radius 3 is 2.75 bits per heavy atom. The zero-order valence-corrected chi connectivity index (χ0v) is 14.5. The molecule has 3 heterocycles. The maximum Gasteiger partial charge on any atom is 0.257 e. The van der Waals surface area contributed by atoms with Crippen LogP contribution in [0.15, 0.2) is 37.3 Å². The second-order valence-electron chi connectivity index (χ2n) is 5.68. The molecule has 0 radical (unpaired) electrons. The van der Waals surface area contributed by atoms with Gasteiger partial charge in [0, 0.05) is 5.92 Å². The summed E-state index contributed by atoms with van der Waals surface area (Å²) < 4.78 is 38.4. The van der Waals surface area contributed by atoms with Gasteiger partial charge in [-0.2, -0.15) is 0 Å². The predicted molar refractivity (Wildman–Crippen MR) is 87.1 cm³/mol. The van der Waals surface area contributed by atoms with Gasteiger partial charge in [-0.1, -0.05) is 0 Å². The van der Waals surface area contributed by atoms with E-state index in [9.17, 15) is 8.42 Å². The highest BCUT2D eigenvalue weighted by Gasteiger charge is 2.30. The number of rotatable bonds is 6. The molecule has 0 saturated heterocycles. The van der Waals surface area contributed by atoms with E-state index in [2.05, 4.69) is 14.9 Å². The minimum absolute atomic E-state index is 0.107. The number of nitrogens with zero attached hydrogens (tertiary/aromatic N) is 2. The first-order chi connectivity index (χ1) is 11.5. The molecule has 0 bridgehead atoms. The standard InChI is InChI=1S/C15H15N3O4S2/c1-9-2-5-11(21-9)8-16-24(19,20)13-7-6-12(23-13)15-18-17-14(22-15)10-3-4-10/h2,5-7,10,16H,3-4,8H2,1H3. The van der Waals surface area contributed by atoms with Gasteiger partial charge in [-0.15, -0.1) is 21.5 Å². The Labute approximate surface area is 142 Å². The van der Waals surface area contributed by atoms with Crippen LogP contribution in [-0.2, 0) is 16.6 Å². The number of hydrogen-bond acceptors (Lipinski definition) is 7. The summed E-state index contributed by atoms with van der Waals surface area (Å²) in [6.07, 6.45) is 2.14. The molecule has 1 aliphatic rings. The molecule has 4 rings (SSSR count). The smallest absolute Gasteiger partial charge is 0.257 e. The minimum atomic E-state index is -3.61. The molecule has 3 aromatic rings. The largest absolute Gasteiger partial charge is 0.465 e. The summed E-state index contributed by atoms with van der Waals surface area (Å²) in [5.74, 6) is 2.68. The average molecular weight is 365 g/mol. The van der Waals surface area contributed by atoms with Crippen molar-refractivity contribution in [3.8, 4) is 10.8 Å². The van der Waals surface area contributed by atoms with Crippen molar-refractivity contribution in [1.29, 1.82) is 0 Å². The van der Waals surface area contributed by atoms with Crippen molar-refractivity contribution in [2.24, 2.45) is 0 Å². The number of sulfonamides is 1. The molecule has 0 amide bonds. The summed E-state index contributed by atoms with van der Waals surface area (Å²) in [5.41, 5.74) is 0. The maximum atomic E-state index is 12.4. The molecule has 0 unspecified atom stereocenters. The molecule has 7 nitrogen and oxygen atoms in total. The first-order valence-electron chi connectivity index (χ1n) is 7.50. The van der Waals surface area contributed by atoms with E-state index < -0.39 is 10.0 Å². The van der Waals surface area contributed by atoms with Gasteiger partial charge in [0.25, 0.3) is 5.89 Å². The van der Waals surface area contributed by atoms with Crippen LogP contribution in [0.1, 0.15) is 36.2 Å². The molecular weight excluding hydrogens is 350 g/mol. The lowest BCUT2D eigenvalue weighted by atomic mass is 10.4. The number of aryl methyl sites for hydroxylation is 1. The van der Waals surface area contributed by atoms with Crippen LogP contribution in [0, 0.1) is 6.92 Å². The monoisotopic (exact) mass is 365 g/mol. The van der Waals surface area contributed by atoms with Crippen molar-refractivity contribution in [2.45, 2.75) is 36.4 Å². The Balaban J connectivity index is 1.49. The van der Waals surface area contributed by atoms with E-state index in [1.165, 1.54) is 6.07 Å². The van der Waals surface area contributed by atoms with Crippen LogP contribution >= 0.6 is 11.3 Å². The number of aromatic nitrogens is 2. The van der Waals surface area contributed by atoms with Gasteiger partial charge in [0.15, 0.2) is 0 Å². The van der Waals surface area contributed by atoms with Crippen molar-refractivity contribution in [1.82, 2.24) is 14.9 Å². The van der Waals surface area contributed by atoms with Gasteiger partial charge in [-0.3, -0.25) is 0 Å². The SMILES string of the molecule is Cc1ccc(CNS(=O)(=O)c2ccc(-c3nnc(C4CC4)o3)s2)o1. The number of nitrogens with one attached hydrogen (secondary N) is 1. The molecule has 0 aliphatic heterocycles. The van der Waals surface area contributed by atoms with Crippen LogP contribution < -0.4 is 4.72 Å². The summed E-state index contributed by atoms with van der Waals surface area (Å²) in [5, 5.41) is 8.02. The summed E-state index contributed by atoms with van der Waals surface area (Å²) in [6, 6.07) is 6.76. The van der Waals surface area contributed by atoms with Crippen LogP contribution in [0.3, 0.4) is 0 Å². The van der Waals surface area contributed by atoms with E-state index in [-0.39, 0.29) is 10.8 Å². The molecular formula is C15H15N3O4S2. The van der Waals surface area contributed by atoms with E-state index >= 15 is 0 Å². The van der Waals surface area contributed by atoms with Crippen LogP contribution in [0.4, 0.5) is 0 Å². The van der Waals surface area contributed by atoms with Crippen LogP contribution in [0.2, 0.25) is 0 Å². The van der Waals surface area contributed by atoms with Crippen LogP contribution in [0.25, 0.3) is 10.8 Å². The predicted octanol–water partition coefficient (Wildman–Crippen LogP) is 3.06. The molecule has 1 saturated carbocycles. The second kappa shape index (κ2) is 5.83. The number of hydrogen-bond donors (Lipinski definition) is 1. The summed E-state index contributed by atoms with van der Waals surface area (Å²) in [7, 11) is -3.61. The normalized spacial score (nSPS) is 15.0. The fourth-order valence-corrected chi connectivity index (χ4v) is 4.49. The van der Waals surface area contributed by atoms with Gasteiger partial charge in [0.1, 0.15) is 15.7 Å². The van der Waals surface area contributed by atoms with Crippen molar-refractivity contribution < 1.29 is 17.3 Å². The third-order valence-electron chi connectivity index (χ3n) is 3.66. The van der Waals surface area contributed by atoms with Crippen molar-refractivity contribution in [3.63, 3.8) is 0 Å².